The molecule has 2 N–H and O–H groups in total. The number of nitrogens with zero attached hydrogens (tertiary/aromatic N) is 4. The fourth-order valence-corrected chi connectivity index (χ4v) is 1.35. The molecule has 2 aromatic rings. The van der Waals surface area contributed by atoms with Crippen LogP contribution in [0.3, 0.4) is 0 Å². The third kappa shape index (κ3) is 2.98. The summed E-state index contributed by atoms with van der Waals surface area (Å²) in [4.78, 5) is 7.96. The average molecular weight is 239 g/mol. The van der Waals surface area contributed by atoms with E-state index >= 15 is 0 Å². The van der Waals surface area contributed by atoms with Crippen LogP contribution in [0.15, 0.2) is 59.1 Å². The van der Waals surface area contributed by atoms with Gasteiger partial charge >= 0.3 is 0 Å². The van der Waals surface area contributed by atoms with Gasteiger partial charge in [0.1, 0.15) is 5.69 Å². The highest BCUT2D eigenvalue weighted by Crippen LogP contribution is 2.01. The van der Waals surface area contributed by atoms with Crippen molar-refractivity contribution in [2.45, 2.75) is 6.92 Å². The highest BCUT2D eigenvalue weighted by molar-refractivity contribution is 6.00. The Hall–Kier alpha value is -2.56. The predicted octanol–water partition coefficient (Wildman–Crippen LogP) is 1.61. The van der Waals surface area contributed by atoms with Crippen LogP contribution < -0.4 is 5.73 Å². The minimum atomic E-state index is 0.249. The number of amidine groups is 1. The fourth-order valence-electron chi connectivity index (χ4n) is 1.35. The van der Waals surface area contributed by atoms with Crippen LogP contribution in [0, 0.1) is 0 Å². The second-order valence-corrected chi connectivity index (χ2v) is 3.63. The van der Waals surface area contributed by atoms with Crippen molar-refractivity contribution in [3.05, 3.63) is 60.2 Å². The van der Waals surface area contributed by atoms with Crippen molar-refractivity contribution in [1.29, 1.82) is 0 Å². The Morgan fingerprint density at radius 2 is 1.89 bits per heavy atom. The van der Waals surface area contributed by atoms with Gasteiger partial charge in [0.05, 0.1) is 11.9 Å². The first-order valence-electron chi connectivity index (χ1n) is 5.47. The van der Waals surface area contributed by atoms with Crippen LogP contribution in [0.1, 0.15) is 18.2 Å². The summed E-state index contributed by atoms with van der Waals surface area (Å²) < 4.78 is 0. The molecule has 0 saturated heterocycles. The first-order chi connectivity index (χ1) is 8.77. The zero-order chi connectivity index (χ0) is 12.8. The van der Waals surface area contributed by atoms with Crippen molar-refractivity contribution >= 4 is 11.5 Å². The van der Waals surface area contributed by atoms with Crippen molar-refractivity contribution in [2.75, 3.05) is 0 Å². The largest absolute Gasteiger partial charge is 0.380 e. The maximum absolute atomic E-state index is 5.76. The van der Waals surface area contributed by atoms with Gasteiger partial charge in [0.15, 0.2) is 5.84 Å². The summed E-state index contributed by atoms with van der Waals surface area (Å²) in [6.07, 6.45) is 4.69. The van der Waals surface area contributed by atoms with Crippen LogP contribution >= 0.6 is 0 Å². The third-order valence-electron chi connectivity index (χ3n) is 2.32. The van der Waals surface area contributed by atoms with E-state index in [0.717, 1.165) is 11.3 Å². The summed E-state index contributed by atoms with van der Waals surface area (Å²) in [6, 6.07) is 9.78. The average Bonchev–Trinajstić information content (AvgIpc) is 2.46. The summed E-state index contributed by atoms with van der Waals surface area (Å²) in [7, 11) is 0. The van der Waals surface area contributed by atoms with E-state index in [1.54, 1.807) is 18.6 Å². The van der Waals surface area contributed by atoms with Gasteiger partial charge in [-0.1, -0.05) is 30.3 Å². The van der Waals surface area contributed by atoms with Crippen LogP contribution in [0.4, 0.5) is 0 Å². The molecule has 0 aliphatic rings. The van der Waals surface area contributed by atoms with E-state index in [0.29, 0.717) is 5.69 Å². The lowest BCUT2D eigenvalue weighted by Gasteiger charge is -1.98. The van der Waals surface area contributed by atoms with Gasteiger partial charge in [0.25, 0.3) is 0 Å². The molecule has 0 amide bonds. The van der Waals surface area contributed by atoms with Crippen LogP contribution in [0.2, 0.25) is 0 Å². The predicted molar refractivity (Wildman–Crippen MR) is 71.4 cm³/mol. The van der Waals surface area contributed by atoms with Crippen LogP contribution in [-0.4, -0.2) is 21.5 Å². The van der Waals surface area contributed by atoms with E-state index in [1.165, 1.54) is 0 Å². The minimum absolute atomic E-state index is 0.249. The summed E-state index contributed by atoms with van der Waals surface area (Å²) in [5.41, 5.74) is 8.08. The second kappa shape index (κ2) is 5.67. The van der Waals surface area contributed by atoms with E-state index in [4.69, 9.17) is 5.73 Å². The second-order valence-electron chi connectivity index (χ2n) is 3.63. The van der Waals surface area contributed by atoms with Crippen molar-refractivity contribution in [3.63, 3.8) is 0 Å². The number of nitrogens with two attached hydrogens (primary N) is 1. The van der Waals surface area contributed by atoms with E-state index in [-0.39, 0.29) is 5.84 Å². The first-order valence-corrected chi connectivity index (χ1v) is 5.47. The Bertz CT molecular complexity index is 507. The van der Waals surface area contributed by atoms with E-state index < -0.39 is 0 Å². The first kappa shape index (κ1) is 11.9. The van der Waals surface area contributed by atoms with Gasteiger partial charge in [-0.25, -0.2) is 4.98 Å². The lowest BCUT2D eigenvalue weighted by atomic mass is 10.1. The Morgan fingerprint density at radius 1 is 1.11 bits per heavy atom. The zero-order valence-corrected chi connectivity index (χ0v) is 9.99. The molecule has 0 aliphatic heterocycles. The molecule has 5 heteroatoms. The SMILES string of the molecule is C/C(=N/N=C(\N)c1cnccn1)c1ccccc1. The number of hydrogen-bond acceptors (Lipinski definition) is 4. The molecule has 0 radical (unpaired) electrons. The van der Waals surface area contributed by atoms with Crippen LogP contribution in [0.25, 0.3) is 0 Å². The van der Waals surface area contributed by atoms with E-state index in [9.17, 15) is 0 Å². The normalized spacial score (nSPS) is 12.5. The number of hydrogen-bond donors (Lipinski definition) is 1. The molecule has 1 aromatic carbocycles. The van der Waals surface area contributed by atoms with Crippen molar-refractivity contribution < 1.29 is 0 Å². The van der Waals surface area contributed by atoms with Crippen LogP contribution in [0.5, 0.6) is 0 Å². The molecule has 2 rings (SSSR count). The van der Waals surface area contributed by atoms with Gasteiger partial charge < -0.3 is 5.73 Å². The monoisotopic (exact) mass is 239 g/mol. The van der Waals surface area contributed by atoms with Crippen molar-refractivity contribution in [2.24, 2.45) is 15.9 Å². The maximum Gasteiger partial charge on any atom is 0.173 e. The van der Waals surface area contributed by atoms with Crippen molar-refractivity contribution in [1.82, 2.24) is 9.97 Å². The van der Waals surface area contributed by atoms with Gasteiger partial charge in [-0.15, -0.1) is 5.10 Å². The minimum Gasteiger partial charge on any atom is -0.380 e. The van der Waals surface area contributed by atoms with Gasteiger partial charge in [0.2, 0.25) is 0 Å². The molecule has 5 nitrogen and oxygen atoms in total. The molecule has 18 heavy (non-hydrogen) atoms. The summed E-state index contributed by atoms with van der Waals surface area (Å²) >= 11 is 0. The Labute approximate surface area is 105 Å². The molecule has 1 aromatic heterocycles. The molecule has 0 unspecified atom stereocenters. The molecular formula is C13H13N5. The standard InChI is InChI=1S/C13H13N5/c1-10(11-5-3-2-4-6-11)17-18-13(14)12-9-15-7-8-16-12/h2-9H,1H3,(H2,14,18)/b17-10-. The number of benzene rings is 1. The molecule has 90 valence electrons. The Balaban J connectivity index is 2.20. The molecule has 0 aliphatic carbocycles. The highest BCUT2D eigenvalue weighted by Gasteiger charge is 1.99. The molecule has 0 fully saturated rings. The summed E-state index contributed by atoms with van der Waals surface area (Å²) in [5, 5.41) is 8.03. The third-order valence-corrected chi connectivity index (χ3v) is 2.32. The smallest absolute Gasteiger partial charge is 0.173 e. The lowest BCUT2D eigenvalue weighted by Crippen LogP contribution is -2.15. The highest BCUT2D eigenvalue weighted by atomic mass is 15.2. The van der Waals surface area contributed by atoms with Gasteiger partial charge in [0, 0.05) is 12.4 Å². The molecule has 0 spiro atoms. The van der Waals surface area contributed by atoms with Crippen LogP contribution in [-0.2, 0) is 0 Å². The topological polar surface area (TPSA) is 76.5 Å². The fraction of sp³-hybridized carbons (Fsp3) is 0.0769. The molecular weight excluding hydrogens is 226 g/mol. The Morgan fingerprint density at radius 3 is 2.56 bits per heavy atom. The van der Waals surface area contributed by atoms with Gasteiger partial charge in [-0.2, -0.15) is 5.10 Å². The maximum atomic E-state index is 5.76. The van der Waals surface area contributed by atoms with E-state index in [2.05, 4.69) is 20.2 Å². The summed E-state index contributed by atoms with van der Waals surface area (Å²) in [6.45, 7) is 1.88. The molecule has 1 heterocycles. The number of aromatic nitrogens is 2. The van der Waals surface area contributed by atoms with Gasteiger partial charge in [-0.3, -0.25) is 4.98 Å². The van der Waals surface area contributed by atoms with Crippen molar-refractivity contribution in [3.8, 4) is 0 Å². The lowest BCUT2D eigenvalue weighted by molar-refractivity contribution is 1.14. The quantitative estimate of drug-likeness (QED) is 0.502. The molecule has 0 atom stereocenters. The molecule has 0 saturated carbocycles. The molecule has 0 bridgehead atoms. The summed E-state index contributed by atoms with van der Waals surface area (Å²) in [5.74, 6) is 0.249. The zero-order valence-electron chi connectivity index (χ0n) is 9.99. The van der Waals surface area contributed by atoms with E-state index in [1.807, 2.05) is 37.3 Å². The number of rotatable bonds is 3. The van der Waals surface area contributed by atoms with Gasteiger partial charge in [-0.05, 0) is 12.5 Å². The Kier molecular flexibility index (Phi) is 3.76.